The fraction of sp³-hybridized carbons (Fsp3) is 0.304. The molecule has 8 heteroatoms. The molecule has 0 radical (unpaired) electrons. The van der Waals surface area contributed by atoms with Gasteiger partial charge in [-0.15, -0.1) is 0 Å². The Morgan fingerprint density at radius 2 is 2.06 bits per heavy atom. The lowest BCUT2D eigenvalue weighted by molar-refractivity contribution is 0.0919. The van der Waals surface area contributed by atoms with Crippen molar-refractivity contribution in [1.29, 1.82) is 5.26 Å². The van der Waals surface area contributed by atoms with Gasteiger partial charge in [0.15, 0.2) is 5.82 Å². The minimum Gasteiger partial charge on any atom is -0.384 e. The number of rotatable bonds is 8. The Morgan fingerprint density at radius 1 is 1.29 bits per heavy atom. The van der Waals surface area contributed by atoms with Gasteiger partial charge in [-0.3, -0.25) is 14.7 Å². The van der Waals surface area contributed by atoms with Gasteiger partial charge in [0.05, 0.1) is 30.2 Å². The average molecular weight is 417 g/mol. The van der Waals surface area contributed by atoms with Crippen molar-refractivity contribution in [3.8, 4) is 23.0 Å². The van der Waals surface area contributed by atoms with E-state index in [1.165, 1.54) is 10.9 Å². The lowest BCUT2D eigenvalue weighted by Crippen LogP contribution is -2.32. The van der Waals surface area contributed by atoms with Crippen LogP contribution in [0.5, 0.6) is 0 Å². The summed E-state index contributed by atoms with van der Waals surface area (Å²) in [5.41, 5.74) is 2.44. The van der Waals surface area contributed by atoms with Crippen molar-refractivity contribution in [3.05, 3.63) is 70.3 Å². The molecule has 2 heterocycles. The van der Waals surface area contributed by atoms with Crippen molar-refractivity contribution in [3.63, 3.8) is 0 Å². The number of H-pyrrole nitrogens is 1. The molecule has 31 heavy (non-hydrogen) atoms. The predicted octanol–water partition coefficient (Wildman–Crippen LogP) is 2.45. The van der Waals surface area contributed by atoms with Gasteiger partial charge in [0.25, 0.3) is 11.5 Å². The summed E-state index contributed by atoms with van der Waals surface area (Å²) in [7, 11) is 1.67. The second-order valence-electron chi connectivity index (χ2n) is 7.91. The number of hydrogen-bond donors (Lipinski definition) is 2. The minimum atomic E-state index is -0.246. The van der Waals surface area contributed by atoms with Gasteiger partial charge in [0.1, 0.15) is 0 Å². The molecular formula is C23H23N5O3. The molecule has 1 aliphatic carbocycles. The normalized spacial score (nSPS) is 14.1. The Morgan fingerprint density at radius 3 is 2.68 bits per heavy atom. The Balaban J connectivity index is 1.46. The van der Waals surface area contributed by atoms with E-state index in [1.807, 2.05) is 24.3 Å². The third kappa shape index (κ3) is 4.57. The molecule has 0 unspecified atom stereocenters. The number of carbonyl (C=O) groups excluding carboxylic acids is 1. The zero-order chi connectivity index (χ0) is 21.8. The van der Waals surface area contributed by atoms with Crippen LogP contribution in [0.4, 0.5) is 0 Å². The highest BCUT2D eigenvalue weighted by atomic mass is 16.5. The lowest BCUT2D eigenvalue weighted by Gasteiger charge is -2.14. The highest BCUT2D eigenvalue weighted by Gasteiger charge is 2.42. The molecule has 1 fully saturated rings. The van der Waals surface area contributed by atoms with E-state index in [9.17, 15) is 9.59 Å². The number of ether oxygens (including phenoxy) is 1. The molecule has 0 atom stereocenters. The van der Waals surface area contributed by atoms with E-state index >= 15 is 0 Å². The first-order chi connectivity index (χ1) is 15.0. The summed E-state index contributed by atoms with van der Waals surface area (Å²) in [6.07, 6.45) is 5.61. The maximum absolute atomic E-state index is 12.4. The second-order valence-corrected chi connectivity index (χ2v) is 7.91. The van der Waals surface area contributed by atoms with E-state index in [-0.39, 0.29) is 16.9 Å². The maximum atomic E-state index is 12.4. The standard InChI is InChI=1S/C23H23N5O3/c1-31-15-23(9-10-23)14-26-21(29)18-6-7-20(25-12-18)28-13-19(22(30)27-28)17-4-2-16(3-5-17)8-11-24/h2-7,12-13H,8-10,14-15H2,1H3,(H,26,29)(H,27,30). The molecule has 2 aromatic heterocycles. The number of pyridine rings is 1. The van der Waals surface area contributed by atoms with Crippen LogP contribution in [0.2, 0.25) is 0 Å². The van der Waals surface area contributed by atoms with Crippen molar-refractivity contribution in [2.45, 2.75) is 19.3 Å². The molecule has 1 aromatic carbocycles. The summed E-state index contributed by atoms with van der Waals surface area (Å²) in [5.74, 6) is 0.319. The molecule has 0 bridgehead atoms. The molecule has 0 spiro atoms. The van der Waals surface area contributed by atoms with E-state index in [4.69, 9.17) is 10.00 Å². The molecule has 158 valence electrons. The number of aromatic nitrogens is 3. The first-order valence-electron chi connectivity index (χ1n) is 10.1. The summed E-state index contributed by atoms with van der Waals surface area (Å²) < 4.78 is 6.75. The fourth-order valence-corrected chi connectivity index (χ4v) is 3.50. The zero-order valence-electron chi connectivity index (χ0n) is 17.2. The van der Waals surface area contributed by atoms with Crippen molar-refractivity contribution < 1.29 is 9.53 Å². The monoisotopic (exact) mass is 417 g/mol. The lowest BCUT2D eigenvalue weighted by atomic mass is 10.1. The van der Waals surface area contributed by atoms with Crippen LogP contribution in [-0.4, -0.2) is 40.9 Å². The van der Waals surface area contributed by atoms with Gasteiger partial charge >= 0.3 is 0 Å². The molecule has 0 saturated heterocycles. The van der Waals surface area contributed by atoms with Crippen molar-refractivity contribution >= 4 is 5.91 Å². The fourth-order valence-electron chi connectivity index (χ4n) is 3.50. The Labute approximate surface area is 179 Å². The molecular weight excluding hydrogens is 394 g/mol. The van der Waals surface area contributed by atoms with E-state index in [0.717, 1.165) is 24.0 Å². The average Bonchev–Trinajstić information content (AvgIpc) is 3.45. The highest BCUT2D eigenvalue weighted by molar-refractivity contribution is 5.94. The molecule has 8 nitrogen and oxygen atoms in total. The quantitative estimate of drug-likeness (QED) is 0.585. The zero-order valence-corrected chi connectivity index (χ0v) is 17.2. The molecule has 2 N–H and O–H groups in total. The van der Waals surface area contributed by atoms with Gasteiger partial charge in [-0.05, 0) is 36.1 Å². The number of amides is 1. The third-order valence-electron chi connectivity index (χ3n) is 5.56. The summed E-state index contributed by atoms with van der Waals surface area (Å²) in [4.78, 5) is 29.1. The van der Waals surface area contributed by atoms with Crippen LogP contribution in [0.3, 0.4) is 0 Å². The van der Waals surface area contributed by atoms with Gasteiger partial charge < -0.3 is 10.1 Å². The van der Waals surface area contributed by atoms with Crippen LogP contribution in [0, 0.1) is 16.7 Å². The molecule has 1 saturated carbocycles. The van der Waals surface area contributed by atoms with Crippen LogP contribution in [0.1, 0.15) is 28.8 Å². The van der Waals surface area contributed by atoms with Crippen LogP contribution in [0.25, 0.3) is 16.9 Å². The van der Waals surface area contributed by atoms with Crippen LogP contribution >= 0.6 is 0 Å². The van der Waals surface area contributed by atoms with Crippen LogP contribution in [0.15, 0.2) is 53.6 Å². The number of nitriles is 1. The smallest absolute Gasteiger partial charge is 0.272 e. The Kier molecular flexibility index (Phi) is 5.69. The van der Waals surface area contributed by atoms with Crippen molar-refractivity contribution in [2.75, 3.05) is 20.3 Å². The number of benzene rings is 1. The summed E-state index contributed by atoms with van der Waals surface area (Å²) in [6.45, 7) is 1.23. The van der Waals surface area contributed by atoms with Gasteiger partial charge in [0.2, 0.25) is 0 Å². The topological polar surface area (TPSA) is 113 Å². The number of nitrogens with one attached hydrogen (secondary N) is 2. The molecule has 1 aliphatic rings. The van der Waals surface area contributed by atoms with Gasteiger partial charge in [-0.2, -0.15) is 5.26 Å². The molecule has 0 aliphatic heterocycles. The number of aromatic amines is 1. The maximum Gasteiger partial charge on any atom is 0.272 e. The Bertz CT molecular complexity index is 1170. The number of nitrogens with zero attached hydrogens (tertiary/aromatic N) is 3. The summed E-state index contributed by atoms with van der Waals surface area (Å²) in [5, 5.41) is 14.5. The summed E-state index contributed by atoms with van der Waals surface area (Å²) >= 11 is 0. The molecule has 4 rings (SSSR count). The largest absolute Gasteiger partial charge is 0.384 e. The van der Waals surface area contributed by atoms with E-state index in [1.54, 1.807) is 25.4 Å². The first-order valence-corrected chi connectivity index (χ1v) is 10.1. The predicted molar refractivity (Wildman–Crippen MR) is 115 cm³/mol. The van der Waals surface area contributed by atoms with E-state index < -0.39 is 0 Å². The van der Waals surface area contributed by atoms with E-state index in [2.05, 4.69) is 21.5 Å². The SMILES string of the molecule is COCC1(CNC(=O)c2ccc(-n3cc(-c4ccc(CC#N)cc4)c(=O)[nH]3)nc2)CC1. The highest BCUT2D eigenvalue weighted by Crippen LogP contribution is 2.45. The van der Waals surface area contributed by atoms with E-state index in [0.29, 0.717) is 36.5 Å². The first kappa shape index (κ1) is 20.6. The number of methoxy groups -OCH3 is 1. The van der Waals surface area contributed by atoms with Gasteiger partial charge in [-0.25, -0.2) is 9.67 Å². The summed E-state index contributed by atoms with van der Waals surface area (Å²) in [6, 6.07) is 12.8. The van der Waals surface area contributed by atoms with Gasteiger partial charge in [0, 0.05) is 31.5 Å². The van der Waals surface area contributed by atoms with Crippen molar-refractivity contribution in [2.24, 2.45) is 5.41 Å². The van der Waals surface area contributed by atoms with Crippen molar-refractivity contribution in [1.82, 2.24) is 20.1 Å². The minimum absolute atomic E-state index is 0.0750. The number of carbonyl (C=O) groups is 1. The molecule has 1 amide bonds. The van der Waals surface area contributed by atoms with Gasteiger partial charge in [-0.1, -0.05) is 24.3 Å². The van der Waals surface area contributed by atoms with Crippen LogP contribution in [-0.2, 0) is 11.2 Å². The third-order valence-corrected chi connectivity index (χ3v) is 5.56. The second kappa shape index (κ2) is 8.58. The Hall–Kier alpha value is -3.70. The van der Waals surface area contributed by atoms with Crippen LogP contribution < -0.4 is 10.9 Å². The number of hydrogen-bond acceptors (Lipinski definition) is 5. The molecule has 3 aromatic rings.